The van der Waals surface area contributed by atoms with E-state index < -0.39 is 16.7 Å². The molecule has 0 aromatic heterocycles. The van der Waals surface area contributed by atoms with E-state index in [9.17, 15) is 9.00 Å². The van der Waals surface area contributed by atoms with E-state index in [4.69, 9.17) is 33.5 Å². The van der Waals surface area contributed by atoms with Gasteiger partial charge in [-0.3, -0.25) is 9.00 Å². The van der Waals surface area contributed by atoms with Crippen LogP contribution in [0.25, 0.3) is 0 Å². The normalized spacial score (nSPS) is 15.4. The van der Waals surface area contributed by atoms with E-state index in [-0.39, 0.29) is 17.3 Å². The number of amides is 1. The summed E-state index contributed by atoms with van der Waals surface area (Å²) in [6.07, 6.45) is 0. The largest absolute Gasteiger partial charge is 0.454 e. The Kier molecular flexibility index (Phi) is 4.40. The summed E-state index contributed by atoms with van der Waals surface area (Å²) in [4.78, 5) is 16.0. The van der Waals surface area contributed by atoms with Gasteiger partial charge in [0.2, 0.25) is 0 Å². The van der Waals surface area contributed by atoms with Crippen molar-refractivity contribution in [2.24, 2.45) is 16.5 Å². The van der Waals surface area contributed by atoms with Gasteiger partial charge in [-0.25, -0.2) is 0 Å². The zero-order chi connectivity index (χ0) is 18.3. The second kappa shape index (κ2) is 6.38. The number of aliphatic imine (C=N–C) groups is 1. The summed E-state index contributed by atoms with van der Waals surface area (Å²) in [5.74, 6) is 0.00266. The van der Waals surface area contributed by atoms with Crippen molar-refractivity contribution in [3.05, 3.63) is 46.0 Å². The van der Waals surface area contributed by atoms with Crippen LogP contribution in [0.15, 0.2) is 34.2 Å². The molecule has 0 bridgehead atoms. The molecule has 25 heavy (non-hydrogen) atoms. The lowest BCUT2D eigenvalue weighted by molar-refractivity contribution is 0.100. The lowest BCUT2D eigenvalue weighted by Gasteiger charge is -2.13. The van der Waals surface area contributed by atoms with Gasteiger partial charge < -0.3 is 21.9 Å². The molecule has 0 aliphatic carbocycles. The van der Waals surface area contributed by atoms with Gasteiger partial charge in [0.25, 0.3) is 5.91 Å². The number of aryl methyl sites for hydroxylation is 1. The average Bonchev–Trinajstić information content (AvgIpc) is 2.64. The first-order valence-electron chi connectivity index (χ1n) is 7.19. The lowest BCUT2D eigenvalue weighted by Crippen LogP contribution is -2.24. The molecule has 130 valence electrons. The van der Waals surface area contributed by atoms with Gasteiger partial charge in [0, 0.05) is 16.8 Å². The smallest absolute Gasteiger partial charge is 0.280 e. The maximum absolute atomic E-state index is 12.8. The maximum atomic E-state index is 12.8. The van der Waals surface area contributed by atoms with Crippen molar-refractivity contribution in [3.8, 4) is 11.5 Å². The number of ether oxygens (including phenoxy) is 1. The summed E-state index contributed by atoms with van der Waals surface area (Å²) >= 11 is 6.22. The Morgan fingerprint density at radius 1 is 1.24 bits per heavy atom. The van der Waals surface area contributed by atoms with Gasteiger partial charge >= 0.3 is 0 Å². The molecule has 1 atom stereocenters. The molecular weight excluding hydrogens is 364 g/mol. The first-order valence-corrected chi connectivity index (χ1v) is 8.88. The molecule has 0 radical (unpaired) electrons. The number of benzene rings is 2. The number of nitrogens with zero attached hydrogens (tertiary/aromatic N) is 1. The summed E-state index contributed by atoms with van der Waals surface area (Å²) < 4.78 is 18.7. The van der Waals surface area contributed by atoms with E-state index in [1.165, 1.54) is 6.07 Å². The number of rotatable bonds is 1. The summed E-state index contributed by atoms with van der Waals surface area (Å²) in [6, 6.07) is 6.28. The summed E-state index contributed by atoms with van der Waals surface area (Å²) in [6.45, 7) is 1.73. The highest BCUT2D eigenvalue weighted by Crippen LogP contribution is 2.43. The van der Waals surface area contributed by atoms with Crippen LogP contribution in [0.2, 0.25) is 5.02 Å². The summed E-state index contributed by atoms with van der Waals surface area (Å²) in [7, 11) is -1.46. The van der Waals surface area contributed by atoms with Gasteiger partial charge in [0.15, 0.2) is 5.96 Å². The number of carbonyl (C=O) groups excluding carboxylic acids is 1. The fourth-order valence-electron chi connectivity index (χ4n) is 2.56. The molecule has 2 aromatic carbocycles. The molecule has 1 aliphatic heterocycles. The molecule has 0 saturated carbocycles. The van der Waals surface area contributed by atoms with Crippen LogP contribution in [-0.2, 0) is 16.6 Å². The third kappa shape index (κ3) is 3.31. The number of hydrogen-bond donors (Lipinski definition) is 3. The second-order valence-electron chi connectivity index (χ2n) is 5.55. The number of nitrogens with two attached hydrogens (primary N) is 3. The van der Waals surface area contributed by atoms with Gasteiger partial charge in [0.05, 0.1) is 26.5 Å². The van der Waals surface area contributed by atoms with E-state index >= 15 is 0 Å². The van der Waals surface area contributed by atoms with E-state index in [1.807, 2.05) is 0 Å². The van der Waals surface area contributed by atoms with Gasteiger partial charge in [-0.05, 0) is 36.8 Å². The molecule has 1 unspecified atom stereocenters. The van der Waals surface area contributed by atoms with Crippen LogP contribution in [0.4, 0.5) is 5.69 Å². The Morgan fingerprint density at radius 2 is 1.96 bits per heavy atom. The van der Waals surface area contributed by atoms with Crippen LogP contribution < -0.4 is 21.9 Å². The predicted octanol–water partition coefficient (Wildman–Crippen LogP) is 2.06. The number of nitrogen functional groups attached to an aromatic ring is 1. The van der Waals surface area contributed by atoms with E-state index in [1.54, 1.807) is 25.1 Å². The fraction of sp³-hybridized carbons (Fsp3) is 0.125. The van der Waals surface area contributed by atoms with Crippen molar-refractivity contribution in [3.63, 3.8) is 0 Å². The highest BCUT2D eigenvalue weighted by molar-refractivity contribution is 7.84. The lowest BCUT2D eigenvalue weighted by atomic mass is 10.1. The Balaban J connectivity index is 2.15. The molecule has 9 heteroatoms. The number of guanidine groups is 1. The summed E-state index contributed by atoms with van der Waals surface area (Å²) in [5.41, 5.74) is 18.2. The molecule has 6 N–H and O–H groups in total. The molecule has 0 spiro atoms. The zero-order valence-electron chi connectivity index (χ0n) is 13.2. The van der Waals surface area contributed by atoms with Crippen molar-refractivity contribution in [1.29, 1.82) is 0 Å². The highest BCUT2D eigenvalue weighted by Gasteiger charge is 2.25. The fourth-order valence-corrected chi connectivity index (χ4v) is 4.17. The average molecular weight is 379 g/mol. The summed E-state index contributed by atoms with van der Waals surface area (Å²) in [5, 5.41) is 0.333. The number of carbonyl (C=O) groups is 1. The molecule has 3 rings (SSSR count). The molecule has 0 saturated heterocycles. The van der Waals surface area contributed by atoms with Crippen LogP contribution in [0.1, 0.15) is 21.5 Å². The van der Waals surface area contributed by atoms with E-state index in [2.05, 4.69) is 4.99 Å². The van der Waals surface area contributed by atoms with Crippen molar-refractivity contribution >= 4 is 40.0 Å². The minimum atomic E-state index is -1.46. The number of anilines is 1. The quantitative estimate of drug-likeness (QED) is 0.395. The van der Waals surface area contributed by atoms with E-state index in [0.717, 1.165) is 0 Å². The van der Waals surface area contributed by atoms with Crippen molar-refractivity contribution in [2.45, 2.75) is 17.6 Å². The van der Waals surface area contributed by atoms with Gasteiger partial charge in [-0.15, -0.1) is 0 Å². The zero-order valence-corrected chi connectivity index (χ0v) is 14.8. The number of fused-ring (bicyclic) bond motifs is 2. The van der Waals surface area contributed by atoms with Crippen molar-refractivity contribution in [2.75, 3.05) is 5.73 Å². The molecule has 0 fully saturated rings. The Morgan fingerprint density at radius 3 is 2.64 bits per heavy atom. The number of hydrogen-bond acceptors (Lipinski definition) is 4. The third-order valence-electron chi connectivity index (χ3n) is 3.60. The standard InChI is InChI=1S/C16H15ClN4O3S/c1-7-2-8(15(22)21-16(19)20)4-12-13(7)24-14-9(6-25(12)23)3-10(18)5-11(14)17/h2-5H,6,18H2,1H3,(H4,19,20,21,22). The minimum absolute atomic E-state index is 0.159. The highest BCUT2D eigenvalue weighted by atomic mass is 35.5. The Labute approximate surface area is 151 Å². The van der Waals surface area contributed by atoms with Crippen LogP contribution in [-0.4, -0.2) is 16.1 Å². The first-order chi connectivity index (χ1) is 11.8. The Hall–Kier alpha value is -2.58. The monoisotopic (exact) mass is 378 g/mol. The van der Waals surface area contributed by atoms with Gasteiger partial charge in [-0.2, -0.15) is 4.99 Å². The Bertz CT molecular complexity index is 955. The molecule has 1 heterocycles. The van der Waals surface area contributed by atoms with Crippen molar-refractivity contribution in [1.82, 2.24) is 0 Å². The van der Waals surface area contributed by atoms with Crippen LogP contribution in [0, 0.1) is 6.92 Å². The molecule has 1 amide bonds. The van der Waals surface area contributed by atoms with Crippen LogP contribution >= 0.6 is 11.6 Å². The maximum Gasteiger partial charge on any atom is 0.280 e. The van der Waals surface area contributed by atoms with Gasteiger partial charge in [-0.1, -0.05) is 11.6 Å². The third-order valence-corrected chi connectivity index (χ3v) is 5.24. The van der Waals surface area contributed by atoms with E-state index in [0.29, 0.717) is 38.2 Å². The van der Waals surface area contributed by atoms with Gasteiger partial charge in [0.1, 0.15) is 11.5 Å². The molecule has 7 nitrogen and oxygen atoms in total. The number of halogens is 1. The van der Waals surface area contributed by atoms with Crippen LogP contribution in [0.5, 0.6) is 11.5 Å². The van der Waals surface area contributed by atoms with Crippen molar-refractivity contribution < 1.29 is 13.7 Å². The predicted molar refractivity (Wildman–Crippen MR) is 97.4 cm³/mol. The SMILES string of the molecule is Cc1cc(C(=O)N=C(N)N)cc2c1Oc1c(Cl)cc(N)cc1CS2=O. The molecule has 2 aromatic rings. The second-order valence-corrected chi connectivity index (χ2v) is 7.37. The first kappa shape index (κ1) is 17.2. The minimum Gasteiger partial charge on any atom is -0.454 e. The molecular formula is C16H15ClN4O3S. The topological polar surface area (TPSA) is 134 Å². The molecule has 1 aliphatic rings. The van der Waals surface area contributed by atoms with Crippen LogP contribution in [0.3, 0.4) is 0 Å².